The minimum atomic E-state index is -0.391. The minimum Gasteiger partial charge on any atom is -0.389 e. The van der Waals surface area contributed by atoms with E-state index in [-0.39, 0.29) is 0 Å². The highest BCUT2D eigenvalue weighted by Crippen LogP contribution is 2.46. The van der Waals surface area contributed by atoms with Crippen molar-refractivity contribution in [2.75, 3.05) is 0 Å². The molecule has 1 nitrogen and oxygen atoms in total. The number of aliphatic hydroxyl groups is 1. The molecule has 2 rings (SSSR count). The van der Waals surface area contributed by atoms with Crippen molar-refractivity contribution in [2.24, 2.45) is 0 Å². The van der Waals surface area contributed by atoms with Crippen LogP contribution in [0.25, 0.3) is 0 Å². The fourth-order valence-corrected chi connectivity index (χ4v) is 4.74. The highest BCUT2D eigenvalue weighted by molar-refractivity contribution is 8.00. The second kappa shape index (κ2) is 4.50. The molecule has 0 aromatic heterocycles. The molecule has 1 N–H and O–H groups in total. The molecule has 2 bridgehead atoms. The van der Waals surface area contributed by atoms with E-state index in [0.717, 1.165) is 29.8 Å². The number of hydrogen-bond donors (Lipinski definition) is 1. The minimum absolute atomic E-state index is 0.391. The van der Waals surface area contributed by atoms with E-state index in [9.17, 15) is 5.11 Å². The molecule has 0 aromatic rings. The number of hydrogen-bond acceptors (Lipinski definition) is 2. The van der Waals surface area contributed by atoms with Gasteiger partial charge in [-0.05, 0) is 46.0 Å². The molecule has 2 aliphatic rings. The van der Waals surface area contributed by atoms with Crippen molar-refractivity contribution in [3.05, 3.63) is 11.6 Å². The van der Waals surface area contributed by atoms with E-state index in [4.69, 9.17) is 0 Å². The van der Waals surface area contributed by atoms with Gasteiger partial charge >= 0.3 is 0 Å². The first kappa shape index (κ1) is 11.5. The molecule has 0 aliphatic carbocycles. The maximum Gasteiger partial charge on any atom is 0.0703 e. The van der Waals surface area contributed by atoms with E-state index in [2.05, 4.69) is 31.7 Å². The third-order valence-corrected chi connectivity index (χ3v) is 5.12. The van der Waals surface area contributed by atoms with Crippen LogP contribution in [0.4, 0.5) is 0 Å². The van der Waals surface area contributed by atoms with Crippen molar-refractivity contribution in [1.29, 1.82) is 0 Å². The van der Waals surface area contributed by atoms with Gasteiger partial charge in [-0.1, -0.05) is 18.1 Å². The molecule has 2 aliphatic heterocycles. The summed E-state index contributed by atoms with van der Waals surface area (Å²) in [4.78, 5) is 0. The van der Waals surface area contributed by atoms with Crippen molar-refractivity contribution >= 4 is 11.8 Å². The van der Waals surface area contributed by atoms with Crippen LogP contribution in [-0.2, 0) is 0 Å². The summed E-state index contributed by atoms with van der Waals surface area (Å²) < 4.78 is 0. The van der Waals surface area contributed by atoms with Crippen LogP contribution in [0, 0.1) is 0 Å². The molecular formula is C13H22OS. The SMILES string of the molecule is CC(C)=CCC1(O)CC2CCCC(C1)S2. The predicted molar refractivity (Wildman–Crippen MR) is 67.2 cm³/mol. The summed E-state index contributed by atoms with van der Waals surface area (Å²) in [5.41, 5.74) is 0.935. The highest BCUT2D eigenvalue weighted by Gasteiger charge is 2.40. The topological polar surface area (TPSA) is 20.2 Å². The summed E-state index contributed by atoms with van der Waals surface area (Å²) in [6, 6.07) is 0. The normalized spacial score (nSPS) is 39.9. The fraction of sp³-hybridized carbons (Fsp3) is 0.846. The molecule has 0 aromatic carbocycles. The molecule has 2 heteroatoms. The third kappa shape index (κ3) is 3.01. The smallest absolute Gasteiger partial charge is 0.0703 e. The molecule has 2 saturated heterocycles. The zero-order valence-electron chi connectivity index (χ0n) is 9.83. The number of rotatable bonds is 2. The average molecular weight is 226 g/mol. The fourth-order valence-electron chi connectivity index (χ4n) is 2.77. The van der Waals surface area contributed by atoms with Crippen LogP contribution in [0.15, 0.2) is 11.6 Å². The Hall–Kier alpha value is 0.0500. The predicted octanol–water partition coefficient (Wildman–Crippen LogP) is 3.52. The molecule has 0 radical (unpaired) electrons. The van der Waals surface area contributed by atoms with Crippen molar-refractivity contribution in [3.63, 3.8) is 0 Å². The molecular weight excluding hydrogens is 204 g/mol. The van der Waals surface area contributed by atoms with Gasteiger partial charge in [0.05, 0.1) is 5.60 Å². The van der Waals surface area contributed by atoms with Crippen LogP contribution in [0.3, 0.4) is 0 Å². The summed E-state index contributed by atoms with van der Waals surface area (Å²) >= 11 is 2.13. The maximum atomic E-state index is 10.6. The number of fused-ring (bicyclic) bond motifs is 2. The van der Waals surface area contributed by atoms with Gasteiger partial charge in [0.2, 0.25) is 0 Å². The van der Waals surface area contributed by atoms with Gasteiger partial charge in [0.15, 0.2) is 0 Å². The van der Waals surface area contributed by atoms with Gasteiger partial charge in [-0.3, -0.25) is 0 Å². The molecule has 2 fully saturated rings. The second-order valence-electron chi connectivity index (χ2n) is 5.43. The summed E-state index contributed by atoms with van der Waals surface area (Å²) in [6.07, 6.45) is 9.10. The van der Waals surface area contributed by atoms with Crippen LogP contribution < -0.4 is 0 Å². The summed E-state index contributed by atoms with van der Waals surface area (Å²) in [5.74, 6) is 0. The van der Waals surface area contributed by atoms with E-state index in [0.29, 0.717) is 0 Å². The molecule has 15 heavy (non-hydrogen) atoms. The van der Waals surface area contributed by atoms with Gasteiger partial charge in [0.1, 0.15) is 0 Å². The lowest BCUT2D eigenvalue weighted by molar-refractivity contribution is 0.0153. The Morgan fingerprint density at radius 1 is 1.33 bits per heavy atom. The van der Waals surface area contributed by atoms with E-state index in [1.54, 1.807) is 0 Å². The molecule has 0 amide bonds. The van der Waals surface area contributed by atoms with Crippen molar-refractivity contribution in [1.82, 2.24) is 0 Å². The molecule has 2 unspecified atom stereocenters. The van der Waals surface area contributed by atoms with E-state index >= 15 is 0 Å². The lowest BCUT2D eigenvalue weighted by Crippen LogP contribution is -2.42. The summed E-state index contributed by atoms with van der Waals surface area (Å²) in [7, 11) is 0. The first-order chi connectivity index (χ1) is 7.07. The van der Waals surface area contributed by atoms with E-state index in [1.165, 1.54) is 24.8 Å². The Balaban J connectivity index is 1.99. The van der Waals surface area contributed by atoms with Crippen molar-refractivity contribution < 1.29 is 5.11 Å². The Morgan fingerprint density at radius 2 is 1.93 bits per heavy atom. The van der Waals surface area contributed by atoms with Gasteiger partial charge in [-0.2, -0.15) is 11.8 Å². The first-order valence-electron chi connectivity index (χ1n) is 6.09. The van der Waals surface area contributed by atoms with E-state index in [1.807, 2.05) is 0 Å². The van der Waals surface area contributed by atoms with Gasteiger partial charge in [0.25, 0.3) is 0 Å². The number of thioether (sulfide) groups is 1. The summed E-state index contributed by atoms with van der Waals surface area (Å²) in [5, 5.41) is 12.0. The third-order valence-electron chi connectivity index (χ3n) is 3.54. The first-order valence-corrected chi connectivity index (χ1v) is 7.03. The molecule has 86 valence electrons. The van der Waals surface area contributed by atoms with Gasteiger partial charge in [-0.25, -0.2) is 0 Å². The van der Waals surface area contributed by atoms with Crippen LogP contribution in [0.1, 0.15) is 52.4 Å². The Labute approximate surface area is 97.3 Å². The van der Waals surface area contributed by atoms with Crippen LogP contribution >= 0.6 is 11.8 Å². The molecule has 0 saturated carbocycles. The van der Waals surface area contributed by atoms with Gasteiger partial charge in [0, 0.05) is 10.5 Å². The van der Waals surface area contributed by atoms with Crippen LogP contribution in [0.2, 0.25) is 0 Å². The highest BCUT2D eigenvalue weighted by atomic mass is 32.2. The lowest BCUT2D eigenvalue weighted by atomic mass is 9.83. The Morgan fingerprint density at radius 3 is 2.47 bits per heavy atom. The monoisotopic (exact) mass is 226 g/mol. The molecule has 2 atom stereocenters. The van der Waals surface area contributed by atoms with Crippen molar-refractivity contribution in [2.45, 2.75) is 68.5 Å². The van der Waals surface area contributed by atoms with E-state index < -0.39 is 5.60 Å². The molecule has 0 spiro atoms. The number of allylic oxidation sites excluding steroid dienone is 1. The second-order valence-corrected chi connectivity index (χ2v) is 7.03. The van der Waals surface area contributed by atoms with Gasteiger partial charge in [-0.15, -0.1) is 0 Å². The van der Waals surface area contributed by atoms with Crippen molar-refractivity contribution in [3.8, 4) is 0 Å². The lowest BCUT2D eigenvalue weighted by Gasteiger charge is -2.43. The zero-order valence-corrected chi connectivity index (χ0v) is 10.6. The Kier molecular flexibility index (Phi) is 3.46. The summed E-state index contributed by atoms with van der Waals surface area (Å²) in [6.45, 7) is 4.23. The average Bonchev–Trinajstić information content (AvgIpc) is 2.14. The van der Waals surface area contributed by atoms with Crippen LogP contribution in [-0.4, -0.2) is 21.2 Å². The zero-order chi connectivity index (χ0) is 10.9. The molecule has 2 heterocycles. The quantitative estimate of drug-likeness (QED) is 0.727. The Bertz CT molecular complexity index is 243. The largest absolute Gasteiger partial charge is 0.389 e. The van der Waals surface area contributed by atoms with Gasteiger partial charge < -0.3 is 5.11 Å². The van der Waals surface area contributed by atoms with Crippen LogP contribution in [0.5, 0.6) is 0 Å². The maximum absolute atomic E-state index is 10.6. The standard InChI is InChI=1S/C13H22OS/c1-10(2)6-7-13(14)8-11-4-3-5-12(9-13)15-11/h6,11-12,14H,3-5,7-9H2,1-2H3.